The van der Waals surface area contributed by atoms with Gasteiger partial charge in [0.05, 0.1) is 11.9 Å². The van der Waals surface area contributed by atoms with E-state index < -0.39 is 5.91 Å². The molecule has 3 aromatic rings. The van der Waals surface area contributed by atoms with E-state index in [-0.39, 0.29) is 16.8 Å². The van der Waals surface area contributed by atoms with E-state index in [1.165, 1.54) is 23.3 Å². The Bertz CT molecular complexity index is 773. The van der Waals surface area contributed by atoms with E-state index in [2.05, 4.69) is 25.5 Å². The third kappa shape index (κ3) is 3.03. The average molecular weight is 301 g/mol. The fourth-order valence-corrected chi connectivity index (χ4v) is 1.75. The van der Waals surface area contributed by atoms with Crippen LogP contribution < -0.4 is 5.32 Å². The molecule has 0 unspecified atom stereocenters. The van der Waals surface area contributed by atoms with Gasteiger partial charge in [-0.1, -0.05) is 29.8 Å². The number of amides is 1. The van der Waals surface area contributed by atoms with Crippen LogP contribution in [0.1, 0.15) is 10.5 Å². The molecular formula is C13H9ClN6O. The lowest BCUT2D eigenvalue weighted by atomic mass is 10.3. The van der Waals surface area contributed by atoms with E-state index in [1.807, 2.05) is 30.3 Å². The fraction of sp³-hybridized carbons (Fsp3) is 0. The van der Waals surface area contributed by atoms with Crippen molar-refractivity contribution < 1.29 is 4.79 Å². The van der Waals surface area contributed by atoms with Gasteiger partial charge >= 0.3 is 0 Å². The molecule has 1 amide bonds. The number of para-hydroxylation sites is 1. The zero-order valence-corrected chi connectivity index (χ0v) is 11.4. The summed E-state index contributed by atoms with van der Waals surface area (Å²) < 4.78 is 0. The van der Waals surface area contributed by atoms with E-state index in [0.29, 0.717) is 0 Å². The quantitative estimate of drug-likeness (QED) is 0.747. The topological polar surface area (TPSA) is 85.6 Å². The summed E-state index contributed by atoms with van der Waals surface area (Å²) in [4.78, 5) is 21.1. The number of hydrogen-bond acceptors (Lipinski definition) is 5. The number of carbonyl (C=O) groups excluding carboxylic acids is 1. The van der Waals surface area contributed by atoms with Crippen LogP contribution in [-0.4, -0.2) is 30.9 Å². The van der Waals surface area contributed by atoms with Crippen LogP contribution in [0.3, 0.4) is 0 Å². The summed E-state index contributed by atoms with van der Waals surface area (Å²) in [5, 5.41) is 10.9. The Morgan fingerprint density at radius 2 is 2.00 bits per heavy atom. The number of rotatable bonds is 3. The van der Waals surface area contributed by atoms with Crippen molar-refractivity contribution in [2.45, 2.75) is 0 Å². The second-order valence-corrected chi connectivity index (χ2v) is 4.40. The maximum absolute atomic E-state index is 12.0. The van der Waals surface area contributed by atoms with Crippen LogP contribution >= 0.6 is 11.6 Å². The molecule has 0 bridgehead atoms. The molecule has 0 spiro atoms. The normalized spacial score (nSPS) is 10.3. The van der Waals surface area contributed by atoms with Gasteiger partial charge in [-0.3, -0.25) is 10.1 Å². The number of nitrogens with one attached hydrogen (secondary N) is 1. The Kier molecular flexibility index (Phi) is 3.57. The lowest BCUT2D eigenvalue weighted by Crippen LogP contribution is -2.15. The first-order chi connectivity index (χ1) is 10.2. The molecule has 21 heavy (non-hydrogen) atoms. The average Bonchev–Trinajstić information content (AvgIpc) is 2.98. The van der Waals surface area contributed by atoms with Crippen molar-refractivity contribution in [1.29, 1.82) is 0 Å². The molecule has 3 rings (SSSR count). The van der Waals surface area contributed by atoms with Gasteiger partial charge in [-0.15, -0.1) is 5.10 Å². The predicted octanol–water partition coefficient (Wildman–Crippen LogP) is 1.96. The van der Waals surface area contributed by atoms with E-state index in [1.54, 1.807) is 0 Å². The predicted molar refractivity (Wildman–Crippen MR) is 76.4 cm³/mol. The van der Waals surface area contributed by atoms with Crippen molar-refractivity contribution in [3.63, 3.8) is 0 Å². The zero-order valence-electron chi connectivity index (χ0n) is 10.6. The summed E-state index contributed by atoms with van der Waals surface area (Å²) in [6.07, 6.45) is 2.82. The summed E-state index contributed by atoms with van der Waals surface area (Å²) in [7, 11) is 0. The third-order valence-corrected chi connectivity index (χ3v) is 2.77. The van der Waals surface area contributed by atoms with Gasteiger partial charge in [0.25, 0.3) is 5.91 Å². The Labute approximate surface area is 124 Å². The monoisotopic (exact) mass is 300 g/mol. The Balaban J connectivity index is 1.78. The highest BCUT2D eigenvalue weighted by molar-refractivity contribution is 6.29. The maximum Gasteiger partial charge on any atom is 0.280 e. The van der Waals surface area contributed by atoms with Crippen LogP contribution in [0.25, 0.3) is 5.69 Å². The van der Waals surface area contributed by atoms with Gasteiger partial charge in [0.1, 0.15) is 5.15 Å². The lowest BCUT2D eigenvalue weighted by Gasteiger charge is -2.00. The molecule has 8 heteroatoms. The highest BCUT2D eigenvalue weighted by Crippen LogP contribution is 2.08. The molecule has 104 valence electrons. The minimum Gasteiger partial charge on any atom is -0.289 e. The first-order valence-electron chi connectivity index (χ1n) is 6.00. The van der Waals surface area contributed by atoms with E-state index in [9.17, 15) is 4.79 Å². The highest BCUT2D eigenvalue weighted by atomic mass is 35.5. The molecule has 0 saturated heterocycles. The largest absolute Gasteiger partial charge is 0.289 e. The number of halogens is 1. The molecular weight excluding hydrogens is 292 g/mol. The van der Waals surface area contributed by atoms with Crippen LogP contribution in [-0.2, 0) is 0 Å². The first kappa shape index (κ1) is 13.2. The van der Waals surface area contributed by atoms with Crippen molar-refractivity contribution in [2.24, 2.45) is 0 Å². The molecule has 1 N–H and O–H groups in total. The summed E-state index contributed by atoms with van der Waals surface area (Å²) in [5.41, 5.74) is 0.915. The standard InChI is InChI=1S/C13H9ClN6O/c14-11-6-7-15-13(17-11)18-12(21)10-8-16-20(19-10)9-4-2-1-3-5-9/h1-8H,(H,15,17,18,21). The van der Waals surface area contributed by atoms with Crippen LogP contribution in [0.4, 0.5) is 5.95 Å². The van der Waals surface area contributed by atoms with E-state index >= 15 is 0 Å². The van der Waals surface area contributed by atoms with Crippen molar-refractivity contribution in [3.8, 4) is 5.69 Å². The van der Waals surface area contributed by atoms with E-state index in [0.717, 1.165) is 5.69 Å². The lowest BCUT2D eigenvalue weighted by molar-refractivity contribution is 0.102. The SMILES string of the molecule is O=C(Nc1nccc(Cl)n1)c1cnn(-c2ccccc2)n1. The zero-order chi connectivity index (χ0) is 14.7. The first-order valence-corrected chi connectivity index (χ1v) is 6.38. The molecule has 7 nitrogen and oxygen atoms in total. The van der Waals surface area contributed by atoms with Gasteiger partial charge in [0.15, 0.2) is 5.69 Å². The second-order valence-electron chi connectivity index (χ2n) is 4.01. The number of carbonyl (C=O) groups is 1. The number of benzene rings is 1. The Morgan fingerprint density at radius 3 is 2.76 bits per heavy atom. The van der Waals surface area contributed by atoms with Crippen LogP contribution in [0.2, 0.25) is 5.15 Å². The molecule has 1 aromatic carbocycles. The minimum atomic E-state index is -0.459. The minimum absolute atomic E-state index is 0.113. The highest BCUT2D eigenvalue weighted by Gasteiger charge is 2.13. The van der Waals surface area contributed by atoms with Gasteiger partial charge < -0.3 is 0 Å². The van der Waals surface area contributed by atoms with Crippen molar-refractivity contribution in [2.75, 3.05) is 5.32 Å². The molecule has 2 aromatic heterocycles. The maximum atomic E-state index is 12.0. The molecule has 0 radical (unpaired) electrons. The molecule has 0 fully saturated rings. The van der Waals surface area contributed by atoms with Gasteiger partial charge in [-0.2, -0.15) is 9.90 Å². The number of aromatic nitrogens is 5. The van der Waals surface area contributed by atoms with Crippen LogP contribution in [0.15, 0.2) is 48.8 Å². The number of hydrogen-bond donors (Lipinski definition) is 1. The van der Waals surface area contributed by atoms with E-state index in [4.69, 9.17) is 11.6 Å². The van der Waals surface area contributed by atoms with Gasteiger partial charge in [0.2, 0.25) is 5.95 Å². The van der Waals surface area contributed by atoms with Gasteiger partial charge in [0, 0.05) is 6.20 Å². The molecule has 0 aliphatic heterocycles. The number of anilines is 1. The van der Waals surface area contributed by atoms with Crippen LogP contribution in [0.5, 0.6) is 0 Å². The molecule has 0 aliphatic rings. The third-order valence-electron chi connectivity index (χ3n) is 2.56. The summed E-state index contributed by atoms with van der Waals surface area (Å²) in [6.45, 7) is 0. The summed E-state index contributed by atoms with van der Waals surface area (Å²) in [6, 6.07) is 10.8. The van der Waals surface area contributed by atoms with Crippen molar-refractivity contribution in [1.82, 2.24) is 25.0 Å². The van der Waals surface area contributed by atoms with Crippen LogP contribution in [0, 0.1) is 0 Å². The molecule has 0 atom stereocenters. The Morgan fingerprint density at radius 1 is 1.19 bits per heavy atom. The number of nitrogens with zero attached hydrogens (tertiary/aromatic N) is 5. The molecule has 2 heterocycles. The van der Waals surface area contributed by atoms with Gasteiger partial charge in [-0.05, 0) is 18.2 Å². The van der Waals surface area contributed by atoms with Crippen molar-refractivity contribution in [3.05, 3.63) is 59.6 Å². The second kappa shape index (κ2) is 5.68. The Hall–Kier alpha value is -2.80. The smallest absolute Gasteiger partial charge is 0.280 e. The molecule has 0 saturated carbocycles. The fourth-order valence-electron chi connectivity index (χ4n) is 1.62. The van der Waals surface area contributed by atoms with Crippen molar-refractivity contribution >= 4 is 23.5 Å². The molecule has 0 aliphatic carbocycles. The van der Waals surface area contributed by atoms with Gasteiger partial charge in [-0.25, -0.2) is 9.97 Å². The summed E-state index contributed by atoms with van der Waals surface area (Å²) in [5.74, 6) is -0.346. The summed E-state index contributed by atoms with van der Waals surface area (Å²) >= 11 is 5.72.